The molecule has 0 saturated heterocycles. The highest BCUT2D eigenvalue weighted by Gasteiger charge is 2.03. The predicted molar refractivity (Wildman–Crippen MR) is 42.2 cm³/mol. The van der Waals surface area contributed by atoms with E-state index in [0.717, 1.165) is 10.5 Å². The Kier molecular flexibility index (Phi) is 0.990. The van der Waals surface area contributed by atoms with E-state index < -0.39 is 0 Å². The summed E-state index contributed by atoms with van der Waals surface area (Å²) in [5.41, 5.74) is 6.59. The summed E-state index contributed by atoms with van der Waals surface area (Å²) in [7, 11) is 0. The van der Waals surface area contributed by atoms with E-state index in [9.17, 15) is 0 Å². The molecule has 0 aliphatic heterocycles. The van der Waals surface area contributed by atoms with Crippen LogP contribution in [-0.4, -0.2) is 9.38 Å². The monoisotopic (exact) mass is 153 g/mol. The Morgan fingerprint density at radius 1 is 1.70 bits per heavy atom. The van der Waals surface area contributed by atoms with Crippen LogP contribution >= 0.6 is 11.3 Å². The maximum Gasteiger partial charge on any atom is 0.205 e. The van der Waals surface area contributed by atoms with E-state index in [1.807, 2.05) is 22.9 Å². The molecule has 0 unspecified atom stereocenters. The SMILES string of the molecule is Cc1nc(N)n2ccsc12. The molecule has 2 aromatic heterocycles. The average molecular weight is 153 g/mol. The summed E-state index contributed by atoms with van der Waals surface area (Å²) in [6, 6.07) is 0. The third-order valence-corrected chi connectivity index (χ3v) is 2.42. The minimum Gasteiger partial charge on any atom is -0.369 e. The molecule has 0 atom stereocenters. The molecular weight excluding hydrogens is 146 g/mol. The van der Waals surface area contributed by atoms with Crippen LogP contribution in [0.2, 0.25) is 0 Å². The standard InChI is InChI=1S/C6H7N3S/c1-4-5-9(2-3-10-5)6(7)8-4/h2-3H,1H3,(H2,7,8). The van der Waals surface area contributed by atoms with Crippen molar-refractivity contribution in [3.63, 3.8) is 0 Å². The molecule has 0 aliphatic carbocycles. The predicted octanol–water partition coefficient (Wildman–Crippen LogP) is 1.29. The number of fused-ring (bicyclic) bond motifs is 1. The van der Waals surface area contributed by atoms with Crippen LogP contribution in [0.4, 0.5) is 5.95 Å². The van der Waals surface area contributed by atoms with E-state index in [-0.39, 0.29) is 0 Å². The Labute approximate surface area is 62.1 Å². The first-order valence-electron chi connectivity index (χ1n) is 2.96. The van der Waals surface area contributed by atoms with Gasteiger partial charge in [-0.25, -0.2) is 4.98 Å². The van der Waals surface area contributed by atoms with Crippen molar-refractivity contribution in [3.05, 3.63) is 17.3 Å². The van der Waals surface area contributed by atoms with Gasteiger partial charge in [0.1, 0.15) is 4.83 Å². The molecular formula is C6H7N3S. The van der Waals surface area contributed by atoms with Crippen molar-refractivity contribution in [1.29, 1.82) is 0 Å². The van der Waals surface area contributed by atoms with Crippen molar-refractivity contribution < 1.29 is 0 Å². The van der Waals surface area contributed by atoms with Gasteiger partial charge in [0.25, 0.3) is 0 Å². The molecule has 2 N–H and O–H groups in total. The number of rotatable bonds is 0. The summed E-state index contributed by atoms with van der Waals surface area (Å²) in [5, 5.41) is 2.00. The summed E-state index contributed by atoms with van der Waals surface area (Å²) in [5.74, 6) is 0.578. The number of aromatic nitrogens is 2. The van der Waals surface area contributed by atoms with Gasteiger partial charge in [0.15, 0.2) is 0 Å². The first-order valence-corrected chi connectivity index (χ1v) is 3.84. The lowest BCUT2D eigenvalue weighted by atomic mass is 10.6. The molecule has 0 fully saturated rings. The van der Waals surface area contributed by atoms with Crippen LogP contribution in [0.5, 0.6) is 0 Å². The molecule has 2 rings (SSSR count). The number of hydrogen-bond donors (Lipinski definition) is 1. The van der Waals surface area contributed by atoms with Crippen molar-refractivity contribution in [2.75, 3.05) is 5.73 Å². The van der Waals surface area contributed by atoms with E-state index in [4.69, 9.17) is 5.73 Å². The van der Waals surface area contributed by atoms with E-state index >= 15 is 0 Å². The number of nitrogens with zero attached hydrogens (tertiary/aromatic N) is 2. The van der Waals surface area contributed by atoms with Gasteiger partial charge in [-0.05, 0) is 6.92 Å². The van der Waals surface area contributed by atoms with Crippen LogP contribution in [0.1, 0.15) is 5.69 Å². The number of nitrogen functional groups attached to an aromatic ring is 1. The zero-order chi connectivity index (χ0) is 7.14. The van der Waals surface area contributed by atoms with E-state index in [2.05, 4.69) is 4.98 Å². The van der Waals surface area contributed by atoms with Gasteiger partial charge in [0.2, 0.25) is 5.95 Å². The Morgan fingerprint density at radius 3 is 3.20 bits per heavy atom. The lowest BCUT2D eigenvalue weighted by Gasteiger charge is -1.82. The zero-order valence-electron chi connectivity index (χ0n) is 5.53. The minimum absolute atomic E-state index is 0.578. The summed E-state index contributed by atoms with van der Waals surface area (Å²) < 4.78 is 1.89. The number of imidazole rings is 1. The first-order chi connectivity index (χ1) is 4.79. The highest BCUT2D eigenvalue weighted by Crippen LogP contribution is 2.18. The van der Waals surface area contributed by atoms with Gasteiger partial charge in [0.05, 0.1) is 5.69 Å². The van der Waals surface area contributed by atoms with Crippen molar-refractivity contribution in [1.82, 2.24) is 9.38 Å². The van der Waals surface area contributed by atoms with Crippen LogP contribution in [0, 0.1) is 6.92 Å². The third-order valence-electron chi connectivity index (χ3n) is 1.45. The second kappa shape index (κ2) is 1.73. The van der Waals surface area contributed by atoms with Gasteiger partial charge < -0.3 is 5.73 Å². The molecule has 2 heterocycles. The number of anilines is 1. The van der Waals surface area contributed by atoms with Crippen molar-refractivity contribution >= 4 is 22.1 Å². The maximum atomic E-state index is 5.58. The van der Waals surface area contributed by atoms with Gasteiger partial charge in [0, 0.05) is 11.6 Å². The van der Waals surface area contributed by atoms with Crippen LogP contribution < -0.4 is 5.73 Å². The molecule has 0 spiro atoms. The first kappa shape index (κ1) is 5.73. The maximum absolute atomic E-state index is 5.58. The molecule has 0 saturated carbocycles. The Balaban J connectivity index is 2.98. The molecule has 0 amide bonds. The molecule has 4 heteroatoms. The van der Waals surface area contributed by atoms with Crippen molar-refractivity contribution in [3.8, 4) is 0 Å². The van der Waals surface area contributed by atoms with Gasteiger partial charge in [-0.3, -0.25) is 4.40 Å². The quantitative estimate of drug-likeness (QED) is 0.619. The van der Waals surface area contributed by atoms with E-state index in [1.165, 1.54) is 0 Å². The second-order valence-corrected chi connectivity index (χ2v) is 3.03. The molecule has 0 bridgehead atoms. The number of aryl methyl sites for hydroxylation is 1. The third kappa shape index (κ3) is 0.565. The summed E-state index contributed by atoms with van der Waals surface area (Å²) >= 11 is 1.66. The number of nitrogens with two attached hydrogens (primary N) is 1. The topological polar surface area (TPSA) is 43.3 Å². The molecule has 10 heavy (non-hydrogen) atoms. The van der Waals surface area contributed by atoms with Gasteiger partial charge in [-0.15, -0.1) is 11.3 Å². The number of thiazole rings is 1. The molecule has 0 aliphatic rings. The molecule has 0 aromatic carbocycles. The van der Waals surface area contributed by atoms with Gasteiger partial charge in [-0.1, -0.05) is 0 Å². The zero-order valence-corrected chi connectivity index (χ0v) is 6.35. The van der Waals surface area contributed by atoms with Crippen LogP contribution in [0.15, 0.2) is 11.6 Å². The lowest BCUT2D eigenvalue weighted by Crippen LogP contribution is -1.90. The average Bonchev–Trinajstić information content (AvgIpc) is 2.39. The van der Waals surface area contributed by atoms with Crippen LogP contribution in [0.25, 0.3) is 4.83 Å². The Morgan fingerprint density at radius 2 is 2.50 bits per heavy atom. The normalized spacial score (nSPS) is 10.9. The summed E-state index contributed by atoms with van der Waals surface area (Å²) in [6.07, 6.45) is 1.93. The lowest BCUT2D eigenvalue weighted by molar-refractivity contribution is 1.19. The van der Waals surface area contributed by atoms with E-state index in [0.29, 0.717) is 5.95 Å². The van der Waals surface area contributed by atoms with Crippen molar-refractivity contribution in [2.24, 2.45) is 0 Å². The minimum atomic E-state index is 0.578. The van der Waals surface area contributed by atoms with Crippen LogP contribution in [-0.2, 0) is 0 Å². The van der Waals surface area contributed by atoms with Crippen molar-refractivity contribution in [2.45, 2.75) is 6.92 Å². The fourth-order valence-corrected chi connectivity index (χ4v) is 1.79. The molecule has 3 nitrogen and oxygen atoms in total. The Bertz CT molecular complexity index is 328. The largest absolute Gasteiger partial charge is 0.369 e. The fourth-order valence-electron chi connectivity index (χ4n) is 0.994. The molecule has 2 aromatic rings. The molecule has 0 radical (unpaired) electrons. The highest BCUT2D eigenvalue weighted by molar-refractivity contribution is 7.15. The van der Waals surface area contributed by atoms with E-state index in [1.54, 1.807) is 11.3 Å². The number of hydrogen-bond acceptors (Lipinski definition) is 3. The second-order valence-electron chi connectivity index (χ2n) is 2.13. The Hall–Kier alpha value is -1.03. The fraction of sp³-hybridized carbons (Fsp3) is 0.167. The molecule has 52 valence electrons. The smallest absolute Gasteiger partial charge is 0.205 e. The van der Waals surface area contributed by atoms with Gasteiger partial charge in [-0.2, -0.15) is 0 Å². The summed E-state index contributed by atoms with van der Waals surface area (Å²) in [6.45, 7) is 1.96. The van der Waals surface area contributed by atoms with Gasteiger partial charge >= 0.3 is 0 Å². The van der Waals surface area contributed by atoms with Crippen LogP contribution in [0.3, 0.4) is 0 Å². The summed E-state index contributed by atoms with van der Waals surface area (Å²) in [4.78, 5) is 5.24. The highest BCUT2D eigenvalue weighted by atomic mass is 32.1.